The summed E-state index contributed by atoms with van der Waals surface area (Å²) in [6, 6.07) is 7.54. The van der Waals surface area contributed by atoms with Crippen molar-refractivity contribution in [3.63, 3.8) is 0 Å². The van der Waals surface area contributed by atoms with Gasteiger partial charge in [-0.25, -0.2) is 4.68 Å². The number of hydrogen-bond acceptors (Lipinski definition) is 5. The van der Waals surface area contributed by atoms with Crippen LogP contribution < -0.4 is 10.6 Å². The maximum absolute atomic E-state index is 12.7. The smallest absolute Gasteiger partial charge is 0.229 e. The van der Waals surface area contributed by atoms with Crippen molar-refractivity contribution in [3.8, 4) is 5.69 Å². The molecule has 8 nitrogen and oxygen atoms in total. The first-order valence-electron chi connectivity index (χ1n) is 8.17. The van der Waals surface area contributed by atoms with Crippen LogP contribution in [0.5, 0.6) is 0 Å². The molecule has 0 radical (unpaired) electrons. The van der Waals surface area contributed by atoms with Gasteiger partial charge in [0.1, 0.15) is 0 Å². The molecule has 0 saturated carbocycles. The van der Waals surface area contributed by atoms with Gasteiger partial charge in [-0.2, -0.15) is 5.10 Å². The topological polar surface area (TPSA) is 89.7 Å². The lowest BCUT2D eigenvalue weighted by molar-refractivity contribution is -0.119. The van der Waals surface area contributed by atoms with E-state index >= 15 is 0 Å². The fourth-order valence-corrected chi connectivity index (χ4v) is 3.21. The lowest BCUT2D eigenvalue weighted by Crippen LogP contribution is -2.28. The van der Waals surface area contributed by atoms with E-state index in [1.54, 1.807) is 21.8 Å². The molecule has 2 atom stereocenters. The van der Waals surface area contributed by atoms with Gasteiger partial charge in [-0.3, -0.25) is 9.48 Å². The molecule has 0 aliphatic carbocycles. The zero-order valence-electron chi connectivity index (χ0n) is 14.2. The normalized spacial score (nSPS) is 19.1. The summed E-state index contributed by atoms with van der Waals surface area (Å²) in [4.78, 5) is 12.7. The van der Waals surface area contributed by atoms with Crippen LogP contribution in [0, 0.1) is 5.92 Å². The number of carbonyl (C=O) groups excluding carboxylic acids is 1. The van der Waals surface area contributed by atoms with Crippen molar-refractivity contribution in [2.45, 2.75) is 5.92 Å². The van der Waals surface area contributed by atoms with Crippen LogP contribution in [0.25, 0.3) is 5.69 Å². The zero-order valence-corrected chi connectivity index (χ0v) is 15.1. The van der Waals surface area contributed by atoms with Crippen molar-refractivity contribution in [3.05, 3.63) is 54.6 Å². The van der Waals surface area contributed by atoms with Crippen LogP contribution in [0.3, 0.4) is 0 Å². The first-order chi connectivity index (χ1) is 12.2. The highest BCUT2D eigenvalue weighted by atomic mass is 35.5. The van der Waals surface area contributed by atoms with Crippen molar-refractivity contribution >= 4 is 24.0 Å². The number of carbonyl (C=O) groups is 1. The molecule has 1 fully saturated rings. The van der Waals surface area contributed by atoms with E-state index in [4.69, 9.17) is 0 Å². The Kier molecular flexibility index (Phi) is 5.34. The molecule has 3 heterocycles. The Bertz CT molecular complexity index is 860. The average molecular weight is 374 g/mol. The molecule has 3 aromatic rings. The molecule has 1 aliphatic heterocycles. The number of amides is 1. The number of aryl methyl sites for hydroxylation is 1. The van der Waals surface area contributed by atoms with E-state index in [1.165, 1.54) is 0 Å². The fraction of sp³-hybridized carbons (Fsp3) is 0.294. The summed E-state index contributed by atoms with van der Waals surface area (Å²) in [7, 11) is 1.89. The van der Waals surface area contributed by atoms with Crippen LogP contribution in [0.15, 0.2) is 49.1 Å². The van der Waals surface area contributed by atoms with Gasteiger partial charge in [-0.15, -0.1) is 17.5 Å². The SMILES string of the molecule is Cl.Cn1cc([C@H]2CNC[C@@H]2C(=O)Nc2ccc(-n3ccnn3)cc2)cn1. The molecule has 0 unspecified atom stereocenters. The van der Waals surface area contributed by atoms with Gasteiger partial charge in [0.25, 0.3) is 0 Å². The second-order valence-corrected chi connectivity index (χ2v) is 6.20. The molecule has 2 N–H and O–H groups in total. The predicted octanol–water partition coefficient (Wildman–Crippen LogP) is 1.36. The highest BCUT2D eigenvalue weighted by Gasteiger charge is 2.34. The molecule has 9 heteroatoms. The number of rotatable bonds is 4. The Morgan fingerprint density at radius 2 is 2.08 bits per heavy atom. The molecule has 1 aliphatic rings. The molecular weight excluding hydrogens is 354 g/mol. The summed E-state index contributed by atoms with van der Waals surface area (Å²) in [6.45, 7) is 1.46. The van der Waals surface area contributed by atoms with Crippen LogP contribution in [0.2, 0.25) is 0 Å². The van der Waals surface area contributed by atoms with Crippen molar-refractivity contribution < 1.29 is 4.79 Å². The summed E-state index contributed by atoms with van der Waals surface area (Å²) < 4.78 is 3.44. The van der Waals surface area contributed by atoms with Crippen molar-refractivity contribution in [1.29, 1.82) is 0 Å². The summed E-state index contributed by atoms with van der Waals surface area (Å²) in [6.07, 6.45) is 7.22. The Morgan fingerprint density at radius 1 is 1.27 bits per heavy atom. The predicted molar refractivity (Wildman–Crippen MR) is 99.5 cm³/mol. The summed E-state index contributed by atoms with van der Waals surface area (Å²) in [5, 5.41) is 18.3. The number of benzene rings is 1. The van der Waals surface area contributed by atoms with Gasteiger partial charge in [-0.1, -0.05) is 5.21 Å². The van der Waals surface area contributed by atoms with Gasteiger partial charge in [0.15, 0.2) is 0 Å². The number of halogens is 1. The molecule has 1 saturated heterocycles. The van der Waals surface area contributed by atoms with Gasteiger partial charge in [-0.05, 0) is 29.8 Å². The number of aromatic nitrogens is 5. The minimum atomic E-state index is -0.112. The van der Waals surface area contributed by atoms with Crippen molar-refractivity contribution in [1.82, 2.24) is 30.1 Å². The van der Waals surface area contributed by atoms with Crippen molar-refractivity contribution in [2.75, 3.05) is 18.4 Å². The lowest BCUT2D eigenvalue weighted by Gasteiger charge is -2.17. The molecule has 4 rings (SSSR count). The standard InChI is InChI=1S/C17H19N7O.ClH/c1-23-11-12(8-20-23)15-9-18-10-16(15)17(25)21-13-2-4-14(5-3-13)24-7-6-19-22-24;/h2-8,11,15-16,18H,9-10H2,1H3,(H,21,25);1H/t15-,16+;/m1./s1. The highest BCUT2D eigenvalue weighted by molar-refractivity contribution is 5.93. The fourth-order valence-electron chi connectivity index (χ4n) is 3.21. The Labute approximate surface area is 157 Å². The van der Waals surface area contributed by atoms with Gasteiger partial charge in [0.05, 0.1) is 30.2 Å². The van der Waals surface area contributed by atoms with E-state index < -0.39 is 0 Å². The number of nitrogens with one attached hydrogen (secondary N) is 2. The van der Waals surface area contributed by atoms with Gasteiger partial charge in [0, 0.05) is 37.9 Å². The Balaban J connectivity index is 0.00000196. The molecule has 1 aromatic carbocycles. The first kappa shape index (κ1) is 18.1. The van der Waals surface area contributed by atoms with E-state index in [-0.39, 0.29) is 30.2 Å². The first-order valence-corrected chi connectivity index (χ1v) is 8.17. The summed E-state index contributed by atoms with van der Waals surface area (Å²) in [5.74, 6) is 0.0506. The molecule has 0 bridgehead atoms. The average Bonchev–Trinajstić information content (AvgIpc) is 3.36. The maximum Gasteiger partial charge on any atom is 0.229 e. The monoisotopic (exact) mass is 373 g/mol. The third-order valence-electron chi connectivity index (χ3n) is 4.53. The molecule has 0 spiro atoms. The lowest BCUT2D eigenvalue weighted by atomic mass is 9.90. The van der Waals surface area contributed by atoms with E-state index in [2.05, 4.69) is 26.0 Å². The van der Waals surface area contributed by atoms with Crippen molar-refractivity contribution in [2.24, 2.45) is 13.0 Å². The Morgan fingerprint density at radius 3 is 2.73 bits per heavy atom. The molecule has 2 aromatic heterocycles. The van der Waals surface area contributed by atoms with E-state index in [1.807, 2.05) is 43.7 Å². The second kappa shape index (κ2) is 7.67. The number of anilines is 1. The molecular formula is C17H20ClN7O. The minimum absolute atomic E-state index is 0. The van der Waals surface area contributed by atoms with Gasteiger partial charge >= 0.3 is 0 Å². The van der Waals surface area contributed by atoms with E-state index in [0.29, 0.717) is 6.54 Å². The van der Waals surface area contributed by atoms with E-state index in [9.17, 15) is 4.79 Å². The van der Waals surface area contributed by atoms with Crippen LogP contribution in [-0.2, 0) is 11.8 Å². The van der Waals surface area contributed by atoms with Crippen LogP contribution >= 0.6 is 12.4 Å². The third-order valence-corrected chi connectivity index (χ3v) is 4.53. The maximum atomic E-state index is 12.7. The van der Waals surface area contributed by atoms with Crippen LogP contribution in [-0.4, -0.2) is 43.8 Å². The molecule has 26 heavy (non-hydrogen) atoms. The quantitative estimate of drug-likeness (QED) is 0.720. The van der Waals surface area contributed by atoms with Crippen LogP contribution in [0.1, 0.15) is 11.5 Å². The van der Waals surface area contributed by atoms with Gasteiger partial charge in [0.2, 0.25) is 5.91 Å². The third kappa shape index (κ3) is 3.61. The van der Waals surface area contributed by atoms with Crippen LogP contribution in [0.4, 0.5) is 5.69 Å². The van der Waals surface area contributed by atoms with E-state index in [0.717, 1.165) is 23.5 Å². The summed E-state index contributed by atoms with van der Waals surface area (Å²) >= 11 is 0. The molecule has 1 amide bonds. The largest absolute Gasteiger partial charge is 0.326 e. The van der Waals surface area contributed by atoms with Gasteiger partial charge < -0.3 is 10.6 Å². The zero-order chi connectivity index (χ0) is 17.2. The second-order valence-electron chi connectivity index (χ2n) is 6.20. The highest BCUT2D eigenvalue weighted by Crippen LogP contribution is 2.29. The number of nitrogens with zero attached hydrogens (tertiary/aromatic N) is 5. The number of hydrogen-bond donors (Lipinski definition) is 2. The molecule has 136 valence electrons. The summed E-state index contributed by atoms with van der Waals surface area (Å²) in [5.41, 5.74) is 2.76. The Hall–Kier alpha value is -2.71. The minimum Gasteiger partial charge on any atom is -0.326 e.